The minimum atomic E-state index is 0.534. The van der Waals surface area contributed by atoms with E-state index in [0.29, 0.717) is 16.9 Å². The molecule has 106 valence electrons. The molecule has 0 spiro atoms. The summed E-state index contributed by atoms with van der Waals surface area (Å²) in [5.41, 5.74) is 2.89. The van der Waals surface area contributed by atoms with E-state index in [0.717, 1.165) is 31.6 Å². The topological polar surface area (TPSA) is 38.9 Å². The van der Waals surface area contributed by atoms with E-state index in [1.165, 1.54) is 12.8 Å². The molecule has 4 rings (SSSR count). The zero-order valence-electron chi connectivity index (χ0n) is 11.4. The number of furan rings is 1. The molecular formula is C16H12ClIN2O. The molecule has 5 heteroatoms. The molecule has 1 fully saturated rings. The van der Waals surface area contributed by atoms with E-state index in [-0.39, 0.29) is 0 Å². The number of aromatic nitrogens is 2. The monoisotopic (exact) mass is 410 g/mol. The van der Waals surface area contributed by atoms with Crippen molar-refractivity contribution in [3.63, 3.8) is 0 Å². The third-order valence-electron chi connectivity index (χ3n) is 3.80. The first-order chi connectivity index (χ1) is 10.1. The van der Waals surface area contributed by atoms with Crippen molar-refractivity contribution in [2.45, 2.75) is 25.7 Å². The van der Waals surface area contributed by atoms with Crippen LogP contribution < -0.4 is 0 Å². The molecule has 0 saturated heterocycles. The molecule has 0 bridgehead atoms. The summed E-state index contributed by atoms with van der Waals surface area (Å²) < 4.78 is 6.79. The lowest BCUT2D eigenvalue weighted by atomic mass is 10.1. The van der Waals surface area contributed by atoms with E-state index in [2.05, 4.69) is 27.6 Å². The van der Waals surface area contributed by atoms with E-state index >= 15 is 0 Å². The van der Waals surface area contributed by atoms with Crippen molar-refractivity contribution in [1.29, 1.82) is 0 Å². The molecular weight excluding hydrogens is 399 g/mol. The molecule has 21 heavy (non-hydrogen) atoms. The van der Waals surface area contributed by atoms with Gasteiger partial charge < -0.3 is 4.42 Å². The maximum absolute atomic E-state index is 6.32. The van der Waals surface area contributed by atoms with Gasteiger partial charge in [-0.25, -0.2) is 9.97 Å². The van der Waals surface area contributed by atoms with Gasteiger partial charge in [-0.2, -0.15) is 0 Å². The van der Waals surface area contributed by atoms with E-state index in [4.69, 9.17) is 21.0 Å². The highest BCUT2D eigenvalue weighted by atomic mass is 127. The maximum Gasteiger partial charge on any atom is 0.165 e. The number of benzene rings is 1. The predicted octanol–water partition coefficient (Wildman–Crippen LogP) is 5.33. The highest BCUT2D eigenvalue weighted by Crippen LogP contribution is 2.43. The molecule has 2 heterocycles. The molecule has 1 aromatic carbocycles. The van der Waals surface area contributed by atoms with Gasteiger partial charge >= 0.3 is 0 Å². The Kier molecular flexibility index (Phi) is 3.19. The smallest absolute Gasteiger partial charge is 0.165 e. The third-order valence-corrected chi connectivity index (χ3v) is 5.45. The van der Waals surface area contributed by atoms with Gasteiger partial charge in [0.2, 0.25) is 0 Å². The second-order valence-electron chi connectivity index (χ2n) is 5.34. The summed E-state index contributed by atoms with van der Waals surface area (Å²) in [5, 5.41) is 1.57. The summed E-state index contributed by atoms with van der Waals surface area (Å²) in [6, 6.07) is 7.96. The number of aryl methyl sites for hydroxylation is 1. The summed E-state index contributed by atoms with van der Waals surface area (Å²) in [4.78, 5) is 9.27. The van der Waals surface area contributed by atoms with Crippen molar-refractivity contribution in [3.8, 4) is 11.4 Å². The number of halogens is 2. The van der Waals surface area contributed by atoms with Crippen molar-refractivity contribution >= 4 is 45.2 Å². The van der Waals surface area contributed by atoms with E-state index < -0.39 is 0 Å². The van der Waals surface area contributed by atoms with Crippen molar-refractivity contribution in [1.82, 2.24) is 9.97 Å². The van der Waals surface area contributed by atoms with Crippen LogP contribution in [0.4, 0.5) is 0 Å². The molecule has 0 atom stereocenters. The van der Waals surface area contributed by atoms with Crippen LogP contribution in [0.1, 0.15) is 30.2 Å². The standard InChI is InChI=1S/C16H12ClIN2O/c1-8-12(10-4-2-3-5-11(10)21-8)16-19-14(9-6-7-9)13(18)15(17)20-16/h2-5,9H,6-7H2,1H3. The summed E-state index contributed by atoms with van der Waals surface area (Å²) in [7, 11) is 0. The van der Waals surface area contributed by atoms with Crippen LogP contribution >= 0.6 is 34.2 Å². The van der Waals surface area contributed by atoms with Crippen LogP contribution in [0.25, 0.3) is 22.4 Å². The molecule has 1 saturated carbocycles. The minimum Gasteiger partial charge on any atom is -0.461 e. The fourth-order valence-electron chi connectivity index (χ4n) is 2.62. The molecule has 0 unspecified atom stereocenters. The van der Waals surface area contributed by atoms with Gasteiger partial charge in [0.05, 0.1) is 14.8 Å². The second kappa shape index (κ2) is 4.95. The van der Waals surface area contributed by atoms with Crippen molar-refractivity contribution in [3.05, 3.63) is 44.4 Å². The van der Waals surface area contributed by atoms with Gasteiger partial charge in [0, 0.05) is 11.3 Å². The van der Waals surface area contributed by atoms with Crippen LogP contribution in [0.3, 0.4) is 0 Å². The lowest BCUT2D eigenvalue weighted by Crippen LogP contribution is -1.99. The Morgan fingerprint density at radius 1 is 1.24 bits per heavy atom. The highest BCUT2D eigenvalue weighted by molar-refractivity contribution is 14.1. The van der Waals surface area contributed by atoms with Crippen molar-refractivity contribution in [2.24, 2.45) is 0 Å². The van der Waals surface area contributed by atoms with Gasteiger partial charge in [-0.05, 0) is 48.4 Å². The normalized spacial score (nSPS) is 14.8. The molecule has 1 aliphatic carbocycles. The Labute approximate surface area is 140 Å². The number of rotatable bonds is 2. The minimum absolute atomic E-state index is 0.534. The number of hydrogen-bond donors (Lipinski definition) is 0. The number of nitrogens with zero attached hydrogens (tertiary/aromatic N) is 2. The zero-order valence-corrected chi connectivity index (χ0v) is 14.3. The Bertz CT molecular complexity index is 855. The molecule has 3 aromatic rings. The first-order valence-corrected chi connectivity index (χ1v) is 8.32. The Balaban J connectivity index is 1.98. The SMILES string of the molecule is Cc1oc2ccccc2c1-c1nc(Cl)c(I)c(C2CC2)n1. The molecule has 1 aliphatic rings. The largest absolute Gasteiger partial charge is 0.461 e. The molecule has 0 amide bonds. The van der Waals surface area contributed by atoms with Crippen molar-refractivity contribution in [2.75, 3.05) is 0 Å². The molecule has 0 aliphatic heterocycles. The van der Waals surface area contributed by atoms with E-state index in [9.17, 15) is 0 Å². The highest BCUT2D eigenvalue weighted by Gasteiger charge is 2.30. The van der Waals surface area contributed by atoms with Gasteiger partial charge in [-0.1, -0.05) is 29.8 Å². The van der Waals surface area contributed by atoms with E-state index in [1.54, 1.807) is 0 Å². The Morgan fingerprint density at radius 3 is 2.76 bits per heavy atom. The van der Waals surface area contributed by atoms with Gasteiger partial charge in [0.25, 0.3) is 0 Å². The second-order valence-corrected chi connectivity index (χ2v) is 6.78. The lowest BCUT2D eigenvalue weighted by molar-refractivity contribution is 0.579. The number of fused-ring (bicyclic) bond motifs is 1. The zero-order chi connectivity index (χ0) is 14.6. The van der Waals surface area contributed by atoms with Crippen LogP contribution in [0.2, 0.25) is 5.15 Å². The van der Waals surface area contributed by atoms with Crippen LogP contribution in [-0.2, 0) is 0 Å². The van der Waals surface area contributed by atoms with Crippen molar-refractivity contribution < 1.29 is 4.42 Å². The van der Waals surface area contributed by atoms with Gasteiger partial charge in [-0.3, -0.25) is 0 Å². The first-order valence-electron chi connectivity index (χ1n) is 6.86. The Morgan fingerprint density at radius 2 is 2.00 bits per heavy atom. The molecule has 2 aromatic heterocycles. The first kappa shape index (κ1) is 13.5. The van der Waals surface area contributed by atoms with Crippen LogP contribution in [0.5, 0.6) is 0 Å². The summed E-state index contributed by atoms with van der Waals surface area (Å²) >= 11 is 8.56. The predicted molar refractivity (Wildman–Crippen MR) is 91.7 cm³/mol. The summed E-state index contributed by atoms with van der Waals surface area (Å²) in [6.07, 6.45) is 2.38. The van der Waals surface area contributed by atoms with Crippen LogP contribution in [0, 0.1) is 10.5 Å². The quantitative estimate of drug-likeness (QED) is 0.423. The van der Waals surface area contributed by atoms with Gasteiger partial charge in [0.1, 0.15) is 16.5 Å². The summed E-state index contributed by atoms with van der Waals surface area (Å²) in [6.45, 7) is 1.95. The number of para-hydroxylation sites is 1. The van der Waals surface area contributed by atoms with Gasteiger partial charge in [0.15, 0.2) is 5.82 Å². The maximum atomic E-state index is 6.32. The number of hydrogen-bond acceptors (Lipinski definition) is 3. The summed E-state index contributed by atoms with van der Waals surface area (Å²) in [5.74, 6) is 2.04. The molecule has 0 radical (unpaired) electrons. The lowest BCUT2D eigenvalue weighted by Gasteiger charge is -2.07. The Hall–Kier alpha value is -1.14. The average Bonchev–Trinajstić information content (AvgIpc) is 3.24. The average molecular weight is 411 g/mol. The fraction of sp³-hybridized carbons (Fsp3) is 0.250. The van der Waals surface area contributed by atoms with E-state index in [1.807, 2.05) is 31.2 Å². The molecule has 3 nitrogen and oxygen atoms in total. The fourth-order valence-corrected chi connectivity index (χ4v) is 3.48. The third kappa shape index (κ3) is 2.25. The van der Waals surface area contributed by atoms with Crippen LogP contribution in [-0.4, -0.2) is 9.97 Å². The van der Waals surface area contributed by atoms with Gasteiger partial charge in [-0.15, -0.1) is 0 Å². The molecule has 0 N–H and O–H groups in total. The van der Waals surface area contributed by atoms with Crippen LogP contribution in [0.15, 0.2) is 28.7 Å².